The molecule has 0 radical (unpaired) electrons. The zero-order valence-electron chi connectivity index (χ0n) is 12.7. The molecule has 0 bridgehead atoms. The largest absolute Gasteiger partial charge is 0.480 e. The van der Waals surface area contributed by atoms with Crippen molar-refractivity contribution in [3.8, 4) is 5.88 Å². The summed E-state index contributed by atoms with van der Waals surface area (Å²) in [5.41, 5.74) is 1.82. The molecule has 4 nitrogen and oxygen atoms in total. The Bertz CT molecular complexity index is 643. The Morgan fingerprint density at radius 1 is 1.27 bits per heavy atom. The highest BCUT2D eigenvalue weighted by molar-refractivity contribution is 5.96. The van der Waals surface area contributed by atoms with Crippen LogP contribution in [-0.2, 0) is 6.42 Å². The number of likely N-dealkylation sites (tertiary alicyclic amines) is 1. The van der Waals surface area contributed by atoms with E-state index in [1.54, 1.807) is 25.4 Å². The first-order valence-electron chi connectivity index (χ1n) is 7.63. The number of carbonyl (C=O) groups is 1. The molecular weight excluding hydrogens is 276 g/mol. The predicted octanol–water partition coefficient (Wildman–Crippen LogP) is 2.94. The number of nitrogens with zero attached hydrogens (tertiary/aromatic N) is 2. The molecule has 1 amide bonds. The average Bonchev–Trinajstić information content (AvgIpc) is 3.03. The highest BCUT2D eigenvalue weighted by atomic mass is 16.5. The van der Waals surface area contributed by atoms with Gasteiger partial charge < -0.3 is 9.64 Å². The molecule has 1 aromatic heterocycles. The van der Waals surface area contributed by atoms with Gasteiger partial charge in [0.2, 0.25) is 5.88 Å². The van der Waals surface area contributed by atoms with Crippen molar-refractivity contribution in [2.45, 2.75) is 25.3 Å². The van der Waals surface area contributed by atoms with Crippen LogP contribution in [0.4, 0.5) is 0 Å². The smallest absolute Gasteiger partial charge is 0.259 e. The van der Waals surface area contributed by atoms with Crippen LogP contribution in [0.1, 0.15) is 28.8 Å². The lowest BCUT2D eigenvalue weighted by atomic mass is 10.0. The number of carbonyl (C=O) groups excluding carboxylic acids is 1. The van der Waals surface area contributed by atoms with Gasteiger partial charge in [-0.05, 0) is 37.0 Å². The molecule has 1 atom stereocenters. The molecule has 4 heteroatoms. The van der Waals surface area contributed by atoms with Crippen LogP contribution in [0.25, 0.3) is 0 Å². The van der Waals surface area contributed by atoms with Crippen molar-refractivity contribution in [2.75, 3.05) is 13.7 Å². The normalized spacial score (nSPS) is 17.5. The molecule has 2 aromatic rings. The molecule has 0 spiro atoms. The lowest BCUT2D eigenvalue weighted by Gasteiger charge is -2.25. The number of hydrogen-bond donors (Lipinski definition) is 0. The van der Waals surface area contributed by atoms with E-state index in [1.807, 2.05) is 23.1 Å². The number of hydrogen-bond acceptors (Lipinski definition) is 3. The zero-order chi connectivity index (χ0) is 15.4. The van der Waals surface area contributed by atoms with Crippen molar-refractivity contribution in [2.24, 2.45) is 0 Å². The Morgan fingerprint density at radius 2 is 2.09 bits per heavy atom. The van der Waals surface area contributed by atoms with Gasteiger partial charge in [-0.15, -0.1) is 0 Å². The maximum Gasteiger partial charge on any atom is 0.259 e. The van der Waals surface area contributed by atoms with E-state index >= 15 is 0 Å². The second-order valence-corrected chi connectivity index (χ2v) is 5.54. The number of aromatic nitrogens is 1. The number of pyridine rings is 1. The van der Waals surface area contributed by atoms with Crippen molar-refractivity contribution in [3.05, 3.63) is 59.8 Å². The fourth-order valence-corrected chi connectivity index (χ4v) is 3.07. The maximum absolute atomic E-state index is 12.8. The third kappa shape index (κ3) is 2.96. The predicted molar refractivity (Wildman–Crippen MR) is 85.0 cm³/mol. The number of amides is 1. The second kappa shape index (κ2) is 6.60. The highest BCUT2D eigenvalue weighted by Crippen LogP contribution is 2.25. The fourth-order valence-electron chi connectivity index (χ4n) is 3.07. The van der Waals surface area contributed by atoms with Gasteiger partial charge in [-0.2, -0.15) is 0 Å². The molecule has 1 aliphatic heterocycles. The summed E-state index contributed by atoms with van der Waals surface area (Å²) in [6.45, 7) is 0.800. The lowest BCUT2D eigenvalue weighted by molar-refractivity contribution is 0.0732. The summed E-state index contributed by atoms with van der Waals surface area (Å²) in [5.74, 6) is 0.418. The molecule has 3 rings (SSSR count). The third-order valence-electron chi connectivity index (χ3n) is 4.15. The maximum atomic E-state index is 12.8. The van der Waals surface area contributed by atoms with Crippen molar-refractivity contribution in [3.63, 3.8) is 0 Å². The molecular formula is C18H20N2O2. The van der Waals surface area contributed by atoms with Crippen LogP contribution in [-0.4, -0.2) is 35.5 Å². The number of rotatable bonds is 4. The van der Waals surface area contributed by atoms with E-state index in [0.29, 0.717) is 11.4 Å². The van der Waals surface area contributed by atoms with Gasteiger partial charge in [0.05, 0.1) is 7.11 Å². The molecule has 0 aliphatic carbocycles. The van der Waals surface area contributed by atoms with E-state index in [2.05, 4.69) is 17.1 Å². The summed E-state index contributed by atoms with van der Waals surface area (Å²) in [6, 6.07) is 14.1. The number of methoxy groups -OCH3 is 1. The molecule has 2 heterocycles. The van der Waals surface area contributed by atoms with Gasteiger partial charge in [-0.1, -0.05) is 30.3 Å². The Balaban J connectivity index is 1.79. The SMILES string of the molecule is COc1ncccc1C(=O)N1CCCC1Cc1ccccc1. The monoisotopic (exact) mass is 296 g/mol. The van der Waals surface area contributed by atoms with Gasteiger partial charge in [0.15, 0.2) is 0 Å². The first-order chi connectivity index (χ1) is 10.8. The second-order valence-electron chi connectivity index (χ2n) is 5.54. The van der Waals surface area contributed by atoms with E-state index in [9.17, 15) is 4.79 Å². The average molecular weight is 296 g/mol. The van der Waals surface area contributed by atoms with Crippen LogP contribution in [0.15, 0.2) is 48.7 Å². The standard InChI is InChI=1S/C18H20N2O2/c1-22-17-16(10-5-11-19-17)18(21)20-12-6-9-15(20)13-14-7-3-2-4-8-14/h2-5,7-8,10-11,15H,6,9,12-13H2,1H3. The Hall–Kier alpha value is -2.36. The summed E-state index contributed by atoms with van der Waals surface area (Å²) < 4.78 is 5.22. The van der Waals surface area contributed by atoms with E-state index in [0.717, 1.165) is 25.8 Å². The third-order valence-corrected chi connectivity index (χ3v) is 4.15. The minimum absolute atomic E-state index is 0.0170. The van der Waals surface area contributed by atoms with Gasteiger partial charge in [-0.3, -0.25) is 4.79 Å². The van der Waals surface area contributed by atoms with Crippen LogP contribution < -0.4 is 4.74 Å². The summed E-state index contributed by atoms with van der Waals surface area (Å²) in [5, 5.41) is 0. The van der Waals surface area contributed by atoms with E-state index in [-0.39, 0.29) is 11.9 Å². The quantitative estimate of drug-likeness (QED) is 0.871. The molecule has 1 unspecified atom stereocenters. The summed E-state index contributed by atoms with van der Waals surface area (Å²) in [4.78, 5) is 18.9. The molecule has 22 heavy (non-hydrogen) atoms. The molecule has 0 saturated carbocycles. The number of benzene rings is 1. The first kappa shape index (κ1) is 14.6. The molecule has 1 fully saturated rings. The van der Waals surface area contributed by atoms with E-state index in [4.69, 9.17) is 4.74 Å². The fraction of sp³-hybridized carbons (Fsp3) is 0.333. The highest BCUT2D eigenvalue weighted by Gasteiger charge is 2.31. The minimum atomic E-state index is 0.0170. The summed E-state index contributed by atoms with van der Waals surface area (Å²) in [6.07, 6.45) is 4.63. The van der Waals surface area contributed by atoms with Crippen molar-refractivity contribution in [1.82, 2.24) is 9.88 Å². The van der Waals surface area contributed by atoms with E-state index in [1.165, 1.54) is 5.56 Å². The van der Waals surface area contributed by atoms with Crippen LogP contribution >= 0.6 is 0 Å². The zero-order valence-corrected chi connectivity index (χ0v) is 12.7. The Kier molecular flexibility index (Phi) is 4.37. The van der Waals surface area contributed by atoms with Gasteiger partial charge in [0, 0.05) is 18.8 Å². The van der Waals surface area contributed by atoms with Crippen molar-refractivity contribution < 1.29 is 9.53 Å². The van der Waals surface area contributed by atoms with Crippen LogP contribution in [0.5, 0.6) is 5.88 Å². The topological polar surface area (TPSA) is 42.4 Å². The van der Waals surface area contributed by atoms with Crippen molar-refractivity contribution >= 4 is 5.91 Å². The Morgan fingerprint density at radius 3 is 2.86 bits per heavy atom. The molecule has 0 N–H and O–H groups in total. The first-order valence-corrected chi connectivity index (χ1v) is 7.63. The van der Waals surface area contributed by atoms with Crippen LogP contribution in [0, 0.1) is 0 Å². The van der Waals surface area contributed by atoms with E-state index < -0.39 is 0 Å². The molecule has 1 aromatic carbocycles. The molecule has 1 saturated heterocycles. The van der Waals surface area contributed by atoms with Crippen LogP contribution in [0.2, 0.25) is 0 Å². The van der Waals surface area contributed by atoms with Gasteiger partial charge >= 0.3 is 0 Å². The number of ether oxygens (including phenoxy) is 1. The molecule has 114 valence electrons. The van der Waals surface area contributed by atoms with Gasteiger partial charge in [-0.25, -0.2) is 4.98 Å². The van der Waals surface area contributed by atoms with Gasteiger partial charge in [0.1, 0.15) is 5.56 Å². The summed E-state index contributed by atoms with van der Waals surface area (Å²) in [7, 11) is 1.55. The Labute approximate surface area is 130 Å². The minimum Gasteiger partial charge on any atom is -0.480 e. The van der Waals surface area contributed by atoms with Crippen molar-refractivity contribution in [1.29, 1.82) is 0 Å². The van der Waals surface area contributed by atoms with Crippen LogP contribution in [0.3, 0.4) is 0 Å². The molecule has 1 aliphatic rings. The summed E-state index contributed by atoms with van der Waals surface area (Å²) >= 11 is 0. The lowest BCUT2D eigenvalue weighted by Crippen LogP contribution is -2.37. The van der Waals surface area contributed by atoms with Gasteiger partial charge in [0.25, 0.3) is 5.91 Å².